The number of hydrogen-bond acceptors (Lipinski definition) is 3. The number of hydrogen-bond donors (Lipinski definition) is 1. The molecule has 0 spiro atoms. The number of benzene rings is 3. The Kier molecular flexibility index (Phi) is 6.57. The van der Waals surface area contributed by atoms with Gasteiger partial charge in [-0.05, 0) is 29.7 Å². The van der Waals surface area contributed by atoms with E-state index in [2.05, 4.69) is 4.98 Å². The minimum absolute atomic E-state index is 0.198. The molecule has 0 radical (unpaired) electrons. The van der Waals surface area contributed by atoms with Gasteiger partial charge in [-0.15, -0.1) is 0 Å². The zero-order valence-electron chi connectivity index (χ0n) is 17.7. The lowest BCUT2D eigenvalue weighted by molar-refractivity contribution is -0.136. The van der Waals surface area contributed by atoms with Crippen molar-refractivity contribution in [3.8, 4) is 17.1 Å². The summed E-state index contributed by atoms with van der Waals surface area (Å²) in [4.78, 5) is 15.9. The van der Waals surface area contributed by atoms with Gasteiger partial charge in [-0.2, -0.15) is 0 Å². The maximum Gasteiger partial charge on any atom is 0.309 e. The van der Waals surface area contributed by atoms with Crippen LogP contribution in [0, 0.1) is 6.92 Å². The molecule has 0 unspecified atom stereocenters. The number of halogens is 1. The van der Waals surface area contributed by atoms with Gasteiger partial charge in [-0.1, -0.05) is 84.4 Å². The molecule has 4 rings (SSSR count). The molecule has 3 aromatic carbocycles. The highest BCUT2D eigenvalue weighted by Crippen LogP contribution is 2.28. The standard InChI is InChI=1S/C26H23ClN2O3/c1-18-14-20(12-13-23(18)32-17-19-8-4-2-5-9-19)16-29-22(15-24(30)31)25(27)28-26(29)21-10-6-3-7-11-21/h2-14H,15-17H2,1H3,(H,30,31). The number of aryl methyl sites for hydroxylation is 1. The number of ether oxygens (including phenoxy) is 1. The third-order valence-corrected chi connectivity index (χ3v) is 5.49. The minimum Gasteiger partial charge on any atom is -0.489 e. The molecule has 0 saturated heterocycles. The van der Waals surface area contributed by atoms with Gasteiger partial charge >= 0.3 is 5.97 Å². The third kappa shape index (κ3) is 5.01. The van der Waals surface area contributed by atoms with E-state index in [1.165, 1.54) is 0 Å². The fourth-order valence-electron chi connectivity index (χ4n) is 3.64. The second-order valence-electron chi connectivity index (χ2n) is 7.57. The maximum absolute atomic E-state index is 11.4. The molecule has 0 amide bonds. The van der Waals surface area contributed by atoms with Crippen molar-refractivity contribution in [2.24, 2.45) is 0 Å². The van der Waals surface area contributed by atoms with E-state index in [1.54, 1.807) is 0 Å². The zero-order valence-corrected chi connectivity index (χ0v) is 18.4. The lowest BCUT2D eigenvalue weighted by Crippen LogP contribution is -2.11. The zero-order chi connectivity index (χ0) is 22.5. The Hall–Kier alpha value is -3.57. The van der Waals surface area contributed by atoms with E-state index >= 15 is 0 Å². The van der Waals surface area contributed by atoms with Crippen LogP contribution in [0.1, 0.15) is 22.4 Å². The molecule has 0 fully saturated rings. The van der Waals surface area contributed by atoms with E-state index in [1.807, 2.05) is 90.4 Å². The van der Waals surface area contributed by atoms with Crippen molar-refractivity contribution in [2.45, 2.75) is 26.5 Å². The molecular weight excluding hydrogens is 424 g/mol. The molecular formula is C26H23ClN2O3. The molecule has 1 heterocycles. The number of carboxylic acids is 1. The number of nitrogens with zero attached hydrogens (tertiary/aromatic N) is 2. The Morgan fingerprint density at radius 2 is 1.69 bits per heavy atom. The van der Waals surface area contributed by atoms with Gasteiger partial charge in [0.25, 0.3) is 0 Å². The second kappa shape index (κ2) is 9.71. The summed E-state index contributed by atoms with van der Waals surface area (Å²) in [6.07, 6.45) is -0.198. The van der Waals surface area contributed by atoms with Crippen LogP contribution in [0.3, 0.4) is 0 Å². The molecule has 0 atom stereocenters. The largest absolute Gasteiger partial charge is 0.489 e. The van der Waals surface area contributed by atoms with E-state index in [0.29, 0.717) is 24.7 Å². The first kappa shape index (κ1) is 21.7. The molecule has 0 saturated carbocycles. The fourth-order valence-corrected chi connectivity index (χ4v) is 3.89. The van der Waals surface area contributed by atoms with E-state index < -0.39 is 5.97 Å². The first-order valence-electron chi connectivity index (χ1n) is 10.3. The molecule has 162 valence electrons. The van der Waals surface area contributed by atoms with Crippen LogP contribution >= 0.6 is 11.6 Å². The number of imidazole rings is 1. The second-order valence-corrected chi connectivity index (χ2v) is 7.93. The van der Waals surface area contributed by atoms with Crippen molar-refractivity contribution < 1.29 is 14.6 Å². The van der Waals surface area contributed by atoms with Gasteiger partial charge < -0.3 is 14.4 Å². The van der Waals surface area contributed by atoms with E-state index in [4.69, 9.17) is 16.3 Å². The van der Waals surface area contributed by atoms with Crippen LogP contribution in [-0.4, -0.2) is 20.6 Å². The topological polar surface area (TPSA) is 64.4 Å². The smallest absolute Gasteiger partial charge is 0.309 e. The van der Waals surface area contributed by atoms with Gasteiger partial charge in [0.2, 0.25) is 0 Å². The summed E-state index contributed by atoms with van der Waals surface area (Å²) in [5, 5.41) is 9.59. The fraction of sp³-hybridized carbons (Fsp3) is 0.154. The summed E-state index contributed by atoms with van der Waals surface area (Å²) in [6, 6.07) is 25.6. The first-order chi connectivity index (χ1) is 15.5. The van der Waals surface area contributed by atoms with E-state index in [9.17, 15) is 9.90 Å². The molecule has 0 bridgehead atoms. The summed E-state index contributed by atoms with van der Waals surface area (Å²) >= 11 is 6.35. The molecule has 4 aromatic rings. The van der Waals surface area contributed by atoms with Crippen LogP contribution in [0.5, 0.6) is 5.75 Å². The first-order valence-corrected chi connectivity index (χ1v) is 10.7. The summed E-state index contributed by atoms with van der Waals surface area (Å²) in [7, 11) is 0. The Balaban J connectivity index is 1.61. The van der Waals surface area contributed by atoms with Crippen LogP contribution in [0.15, 0.2) is 78.9 Å². The monoisotopic (exact) mass is 446 g/mol. The summed E-state index contributed by atoms with van der Waals surface area (Å²) in [5.74, 6) is 0.512. The van der Waals surface area contributed by atoms with E-state index in [0.717, 1.165) is 28.0 Å². The van der Waals surface area contributed by atoms with Gasteiger partial charge in [0, 0.05) is 12.1 Å². The van der Waals surface area contributed by atoms with Gasteiger partial charge in [0.05, 0.1) is 12.1 Å². The molecule has 5 nitrogen and oxygen atoms in total. The van der Waals surface area contributed by atoms with Gasteiger partial charge in [0.1, 0.15) is 18.2 Å². The van der Waals surface area contributed by atoms with Crippen molar-refractivity contribution in [1.82, 2.24) is 9.55 Å². The van der Waals surface area contributed by atoms with Crippen LogP contribution in [-0.2, 0) is 24.4 Å². The van der Waals surface area contributed by atoms with Crippen LogP contribution in [0.2, 0.25) is 5.15 Å². The highest BCUT2D eigenvalue weighted by molar-refractivity contribution is 6.30. The molecule has 32 heavy (non-hydrogen) atoms. The van der Waals surface area contributed by atoms with Gasteiger partial charge in [0.15, 0.2) is 5.15 Å². The highest BCUT2D eigenvalue weighted by atomic mass is 35.5. The lowest BCUT2D eigenvalue weighted by atomic mass is 10.1. The summed E-state index contributed by atoms with van der Waals surface area (Å²) < 4.78 is 7.86. The van der Waals surface area contributed by atoms with Crippen LogP contribution < -0.4 is 4.74 Å². The highest BCUT2D eigenvalue weighted by Gasteiger charge is 2.20. The molecule has 0 aliphatic rings. The Morgan fingerprint density at radius 1 is 1.00 bits per heavy atom. The van der Waals surface area contributed by atoms with Gasteiger partial charge in [-0.3, -0.25) is 4.79 Å². The molecule has 0 aliphatic heterocycles. The normalized spacial score (nSPS) is 10.8. The van der Waals surface area contributed by atoms with Gasteiger partial charge in [-0.25, -0.2) is 4.98 Å². The average molecular weight is 447 g/mol. The Morgan fingerprint density at radius 3 is 2.34 bits per heavy atom. The maximum atomic E-state index is 11.4. The summed E-state index contributed by atoms with van der Waals surface area (Å²) in [5.41, 5.74) is 4.48. The third-order valence-electron chi connectivity index (χ3n) is 5.19. The number of aromatic nitrogens is 2. The number of aliphatic carboxylic acids is 1. The number of carboxylic acid groups (broad SMARTS) is 1. The number of carbonyl (C=O) groups is 1. The predicted molar refractivity (Wildman–Crippen MR) is 125 cm³/mol. The molecule has 0 aliphatic carbocycles. The van der Waals surface area contributed by atoms with Crippen molar-refractivity contribution in [3.63, 3.8) is 0 Å². The molecule has 1 N–H and O–H groups in total. The average Bonchev–Trinajstić information content (AvgIpc) is 3.09. The lowest BCUT2D eigenvalue weighted by Gasteiger charge is -2.14. The van der Waals surface area contributed by atoms with Crippen molar-refractivity contribution in [3.05, 3.63) is 106 Å². The van der Waals surface area contributed by atoms with Crippen molar-refractivity contribution in [2.75, 3.05) is 0 Å². The SMILES string of the molecule is Cc1cc(Cn2c(-c3ccccc3)nc(Cl)c2CC(=O)O)ccc1OCc1ccccc1. The van der Waals surface area contributed by atoms with Crippen LogP contribution in [0.4, 0.5) is 0 Å². The van der Waals surface area contributed by atoms with E-state index in [-0.39, 0.29) is 11.6 Å². The minimum atomic E-state index is -0.950. The van der Waals surface area contributed by atoms with Crippen LogP contribution in [0.25, 0.3) is 11.4 Å². The molecule has 1 aromatic heterocycles. The number of rotatable bonds is 8. The summed E-state index contributed by atoms with van der Waals surface area (Å²) in [6.45, 7) is 2.95. The van der Waals surface area contributed by atoms with Crippen molar-refractivity contribution in [1.29, 1.82) is 0 Å². The molecule has 6 heteroatoms. The Labute approximate surface area is 191 Å². The predicted octanol–water partition coefficient (Wildman–Crippen LogP) is 5.77. The quantitative estimate of drug-likeness (QED) is 0.373. The van der Waals surface area contributed by atoms with Crippen molar-refractivity contribution >= 4 is 17.6 Å². The Bertz CT molecular complexity index is 1220.